The summed E-state index contributed by atoms with van der Waals surface area (Å²) in [6, 6.07) is 1.35. The van der Waals surface area contributed by atoms with Gasteiger partial charge in [0.05, 0.1) is 0 Å². The first kappa shape index (κ1) is 33.0. The Balaban J connectivity index is 1.02. The summed E-state index contributed by atoms with van der Waals surface area (Å²) in [6.07, 6.45) is 51.4. The summed E-state index contributed by atoms with van der Waals surface area (Å²) in [7, 11) is 0. The molecule has 1 spiro atoms. The molecule has 0 radical (unpaired) electrons. The van der Waals surface area contributed by atoms with Crippen LogP contribution in [0.25, 0.3) is 0 Å². The number of rotatable bonds is 4. The fourth-order valence-electron chi connectivity index (χ4n) is 16.0. The Morgan fingerprint density at radius 1 is 0.660 bits per heavy atom. The van der Waals surface area contributed by atoms with Crippen LogP contribution in [-0.4, -0.2) is 12.1 Å². The van der Waals surface area contributed by atoms with Gasteiger partial charge in [-0.3, -0.25) is 0 Å². The highest BCUT2D eigenvalue weighted by atomic mass is 15.0. The number of fused-ring (bicyclic) bond motifs is 8. The molecule has 11 unspecified atom stereocenters. The van der Waals surface area contributed by atoms with Crippen molar-refractivity contribution >= 4 is 0 Å². The van der Waals surface area contributed by atoms with Gasteiger partial charge in [0.1, 0.15) is 0 Å². The highest BCUT2D eigenvalue weighted by Gasteiger charge is 2.65. The van der Waals surface area contributed by atoms with Gasteiger partial charge in [0, 0.05) is 12.1 Å². The van der Waals surface area contributed by atoms with Gasteiger partial charge in [-0.1, -0.05) is 136 Å². The number of hydrogen-bond donors (Lipinski definition) is 1. The molecule has 0 aromatic heterocycles. The predicted octanol–water partition coefficient (Wildman–Crippen LogP) is 12.6. The SMILES string of the molecule is CC1(C)C2C=CC=C(C3CCCCC3C3CC(C4CCCCC4)NC3C3=CC=CCC3)C2C2C3C4=C(CCCC4)C4(CCCCC4)C3C=CC21. The molecule has 0 aromatic carbocycles. The van der Waals surface area contributed by atoms with Gasteiger partial charge in [-0.05, 0) is 153 Å². The van der Waals surface area contributed by atoms with Crippen molar-refractivity contribution in [1.29, 1.82) is 0 Å². The average molecular weight is 672 g/mol. The second-order valence-electron chi connectivity index (χ2n) is 20.2. The zero-order chi connectivity index (χ0) is 33.5. The van der Waals surface area contributed by atoms with Gasteiger partial charge in [-0.15, -0.1) is 0 Å². The van der Waals surface area contributed by atoms with E-state index in [4.69, 9.17) is 0 Å². The standard InChI is InChI=1S/C49H69N/c1-48(2)40-26-16-24-36(44(40)46-41(48)27-28-42-45(46)37-23-12-13-25-39(37)49(42)29-14-5-15-30-49)34-21-10-11-22-35(34)38-31-43(32-17-6-3-7-18-32)50-47(38)33-19-8-4-9-20-33/h4,8,16,19,24,26-28,32,34-35,38,40-47,50H,3,5-7,9-15,17-18,20-23,25,29-31H2,1-2H3. The first-order valence-electron chi connectivity index (χ1n) is 22.5. The molecule has 1 N–H and O–H groups in total. The molecule has 270 valence electrons. The van der Waals surface area contributed by atoms with E-state index < -0.39 is 0 Å². The smallest absolute Gasteiger partial charge is 0.0317 e. The Kier molecular flexibility index (Phi) is 8.62. The van der Waals surface area contributed by atoms with Crippen molar-refractivity contribution in [3.05, 3.63) is 70.9 Å². The van der Waals surface area contributed by atoms with Crippen molar-refractivity contribution in [2.45, 2.75) is 161 Å². The predicted molar refractivity (Wildman–Crippen MR) is 209 cm³/mol. The molecule has 10 aliphatic rings. The van der Waals surface area contributed by atoms with Crippen LogP contribution < -0.4 is 5.32 Å². The molecule has 4 saturated carbocycles. The maximum atomic E-state index is 4.45. The Morgan fingerprint density at radius 2 is 1.44 bits per heavy atom. The van der Waals surface area contributed by atoms with Gasteiger partial charge in [-0.25, -0.2) is 0 Å². The normalized spacial score (nSPS) is 44.8. The third-order valence-electron chi connectivity index (χ3n) is 18.0. The maximum Gasteiger partial charge on any atom is 0.0317 e. The molecule has 1 heteroatoms. The first-order chi connectivity index (χ1) is 24.6. The molecule has 11 atom stereocenters. The minimum Gasteiger partial charge on any atom is -0.307 e. The van der Waals surface area contributed by atoms with E-state index in [0.717, 1.165) is 59.3 Å². The lowest BCUT2D eigenvalue weighted by Crippen LogP contribution is -2.43. The van der Waals surface area contributed by atoms with Crippen molar-refractivity contribution < 1.29 is 0 Å². The molecular formula is C49H69N. The molecule has 5 fully saturated rings. The lowest BCUT2D eigenvalue weighted by atomic mass is 9.56. The van der Waals surface area contributed by atoms with Crippen molar-refractivity contribution in [2.75, 3.05) is 0 Å². The zero-order valence-electron chi connectivity index (χ0n) is 31.9. The van der Waals surface area contributed by atoms with Gasteiger partial charge < -0.3 is 5.32 Å². The van der Waals surface area contributed by atoms with Crippen LogP contribution in [0.1, 0.15) is 149 Å². The monoisotopic (exact) mass is 672 g/mol. The summed E-state index contributed by atoms with van der Waals surface area (Å²) in [6.45, 7) is 5.39. The van der Waals surface area contributed by atoms with Crippen LogP contribution in [-0.2, 0) is 0 Å². The van der Waals surface area contributed by atoms with E-state index in [0.29, 0.717) is 22.8 Å². The maximum absolute atomic E-state index is 4.45. The molecule has 10 rings (SSSR count). The molecule has 0 amide bonds. The van der Waals surface area contributed by atoms with Crippen LogP contribution >= 0.6 is 0 Å². The van der Waals surface area contributed by atoms with E-state index in [9.17, 15) is 0 Å². The van der Waals surface area contributed by atoms with E-state index in [1.54, 1.807) is 5.57 Å². The second kappa shape index (κ2) is 13.1. The summed E-state index contributed by atoms with van der Waals surface area (Å²) in [5.74, 6) is 7.93. The van der Waals surface area contributed by atoms with Gasteiger partial charge in [0.25, 0.3) is 0 Å². The molecule has 0 aromatic rings. The number of hydrogen-bond acceptors (Lipinski definition) is 1. The lowest BCUT2D eigenvalue weighted by molar-refractivity contribution is 0.0938. The summed E-state index contributed by atoms with van der Waals surface area (Å²) in [4.78, 5) is 0. The summed E-state index contributed by atoms with van der Waals surface area (Å²) in [5.41, 5.74) is 8.61. The quantitative estimate of drug-likeness (QED) is 0.293. The minimum absolute atomic E-state index is 0.331. The van der Waals surface area contributed by atoms with Gasteiger partial charge in [-0.2, -0.15) is 0 Å². The van der Waals surface area contributed by atoms with Gasteiger partial charge in [0.2, 0.25) is 0 Å². The van der Waals surface area contributed by atoms with Gasteiger partial charge in [0.15, 0.2) is 0 Å². The molecule has 1 aliphatic heterocycles. The highest BCUT2D eigenvalue weighted by molar-refractivity contribution is 5.44. The van der Waals surface area contributed by atoms with E-state index in [2.05, 4.69) is 67.8 Å². The minimum atomic E-state index is 0.331. The molecule has 9 aliphatic carbocycles. The molecule has 1 saturated heterocycles. The number of allylic oxidation sites excluding steroid dienone is 11. The van der Waals surface area contributed by atoms with Crippen molar-refractivity contribution in [1.82, 2.24) is 5.32 Å². The summed E-state index contributed by atoms with van der Waals surface area (Å²) >= 11 is 0. The van der Waals surface area contributed by atoms with Crippen LogP contribution in [0, 0.1) is 70.0 Å². The first-order valence-corrected chi connectivity index (χ1v) is 22.5. The van der Waals surface area contributed by atoms with Crippen LogP contribution in [0.5, 0.6) is 0 Å². The number of nitrogens with one attached hydrogen (secondary N) is 1. The topological polar surface area (TPSA) is 12.0 Å². The Labute approximate surface area is 306 Å². The van der Waals surface area contributed by atoms with Crippen LogP contribution in [0.2, 0.25) is 0 Å². The highest BCUT2D eigenvalue weighted by Crippen LogP contribution is 2.72. The van der Waals surface area contributed by atoms with E-state index in [1.807, 2.05) is 16.7 Å². The van der Waals surface area contributed by atoms with Crippen LogP contribution in [0.15, 0.2) is 70.9 Å². The molecular weight excluding hydrogens is 603 g/mol. The molecule has 1 nitrogen and oxygen atoms in total. The Hall–Kier alpha value is -1.60. The molecule has 0 bridgehead atoms. The van der Waals surface area contributed by atoms with Crippen molar-refractivity contribution in [3.8, 4) is 0 Å². The fraction of sp³-hybridized carbons (Fsp3) is 0.755. The molecule has 50 heavy (non-hydrogen) atoms. The zero-order valence-corrected chi connectivity index (χ0v) is 31.9. The Bertz CT molecular complexity index is 1480. The van der Waals surface area contributed by atoms with E-state index >= 15 is 0 Å². The van der Waals surface area contributed by atoms with Crippen molar-refractivity contribution in [2.24, 2.45) is 70.0 Å². The second-order valence-corrected chi connectivity index (χ2v) is 20.2. The van der Waals surface area contributed by atoms with E-state index in [1.165, 1.54) is 135 Å². The largest absolute Gasteiger partial charge is 0.307 e. The van der Waals surface area contributed by atoms with Crippen LogP contribution in [0.4, 0.5) is 0 Å². The average Bonchev–Trinajstić information content (AvgIpc) is 3.81. The van der Waals surface area contributed by atoms with E-state index in [-0.39, 0.29) is 0 Å². The lowest BCUT2D eigenvalue weighted by Gasteiger charge is -2.48. The fourth-order valence-corrected chi connectivity index (χ4v) is 16.0. The van der Waals surface area contributed by atoms with Crippen molar-refractivity contribution in [3.63, 3.8) is 0 Å². The summed E-state index contributed by atoms with van der Waals surface area (Å²) in [5, 5.41) is 4.45. The Morgan fingerprint density at radius 3 is 2.28 bits per heavy atom. The van der Waals surface area contributed by atoms with Crippen LogP contribution in [0.3, 0.4) is 0 Å². The third kappa shape index (κ3) is 5.07. The summed E-state index contributed by atoms with van der Waals surface area (Å²) < 4.78 is 0. The molecule has 1 heterocycles. The van der Waals surface area contributed by atoms with Gasteiger partial charge >= 0.3 is 0 Å². The third-order valence-corrected chi connectivity index (χ3v) is 18.0.